The minimum absolute atomic E-state index is 0. The Bertz CT molecular complexity index is 1090. The Balaban J connectivity index is 0.00000324. The van der Waals surface area contributed by atoms with Crippen LogP contribution >= 0.6 is 24.0 Å². The molecule has 1 saturated heterocycles. The number of aromatic nitrogens is 2. The minimum Gasteiger partial charge on any atom is -0.359 e. The molecule has 0 bridgehead atoms. The predicted octanol–water partition coefficient (Wildman–Crippen LogP) is 4.02. The average Bonchev–Trinajstić information content (AvgIpc) is 3.26. The fourth-order valence-electron chi connectivity index (χ4n) is 4.39. The quantitative estimate of drug-likeness (QED) is 0.254. The number of para-hydroxylation sites is 2. The van der Waals surface area contributed by atoms with Crippen LogP contribution in [0.1, 0.15) is 37.3 Å². The van der Waals surface area contributed by atoms with Crippen molar-refractivity contribution < 1.29 is 4.79 Å². The summed E-state index contributed by atoms with van der Waals surface area (Å²) in [5, 5.41) is 6.17. The van der Waals surface area contributed by atoms with E-state index in [2.05, 4.69) is 62.3 Å². The molecule has 0 radical (unpaired) electrons. The van der Waals surface area contributed by atoms with Crippen LogP contribution < -0.4 is 10.6 Å². The first-order valence-corrected chi connectivity index (χ1v) is 11.9. The van der Waals surface area contributed by atoms with E-state index in [1.54, 1.807) is 7.05 Å². The molecule has 0 atom stereocenters. The van der Waals surface area contributed by atoms with Crippen LogP contribution in [0.5, 0.6) is 0 Å². The Hall–Kier alpha value is -2.62. The maximum atomic E-state index is 11.7. The third-order valence-corrected chi connectivity index (χ3v) is 6.32. The first-order valence-electron chi connectivity index (χ1n) is 11.9. The average molecular weight is 575 g/mol. The van der Waals surface area contributed by atoms with Crippen molar-refractivity contribution in [2.24, 2.45) is 10.9 Å². The number of piperidine rings is 1. The topological polar surface area (TPSA) is 74.5 Å². The predicted molar refractivity (Wildman–Crippen MR) is 148 cm³/mol. The Labute approximate surface area is 219 Å². The lowest BCUT2D eigenvalue weighted by atomic mass is 9.93. The number of aliphatic imine (C=N–C) groups is 1. The van der Waals surface area contributed by atoms with Gasteiger partial charge in [-0.15, -0.1) is 24.0 Å². The summed E-state index contributed by atoms with van der Waals surface area (Å²) >= 11 is 0. The summed E-state index contributed by atoms with van der Waals surface area (Å²) in [5.41, 5.74) is 4.62. The second-order valence-electron chi connectivity index (χ2n) is 8.66. The lowest BCUT2D eigenvalue weighted by Gasteiger charge is -2.34. The molecular weight excluding hydrogens is 539 g/mol. The number of rotatable bonds is 7. The highest BCUT2D eigenvalue weighted by Crippen LogP contribution is 2.21. The van der Waals surface area contributed by atoms with Crippen LogP contribution in [0.25, 0.3) is 11.0 Å². The molecule has 2 aromatic carbocycles. The van der Waals surface area contributed by atoms with Gasteiger partial charge in [-0.05, 0) is 48.9 Å². The Morgan fingerprint density at radius 1 is 1.09 bits per heavy atom. The summed E-state index contributed by atoms with van der Waals surface area (Å²) in [6, 6.07) is 16.9. The number of carbonyl (C=O) groups is 1. The Kier molecular flexibility index (Phi) is 9.74. The fourth-order valence-corrected chi connectivity index (χ4v) is 4.39. The van der Waals surface area contributed by atoms with Gasteiger partial charge in [0, 0.05) is 39.6 Å². The molecule has 0 unspecified atom stereocenters. The highest BCUT2D eigenvalue weighted by atomic mass is 127. The van der Waals surface area contributed by atoms with Crippen molar-refractivity contribution in [1.82, 2.24) is 25.1 Å². The van der Waals surface area contributed by atoms with Gasteiger partial charge in [-0.2, -0.15) is 0 Å². The second kappa shape index (κ2) is 12.7. The second-order valence-corrected chi connectivity index (χ2v) is 8.66. The number of halogens is 1. The summed E-state index contributed by atoms with van der Waals surface area (Å²) in [6.45, 7) is 6.26. The molecule has 7 nitrogen and oxygen atoms in total. The maximum absolute atomic E-state index is 11.7. The molecule has 1 amide bonds. The van der Waals surface area contributed by atoms with Crippen molar-refractivity contribution in [2.75, 3.05) is 26.7 Å². The third kappa shape index (κ3) is 6.71. The van der Waals surface area contributed by atoms with Gasteiger partial charge in [0.1, 0.15) is 0 Å². The molecule has 8 heteroatoms. The van der Waals surface area contributed by atoms with Crippen molar-refractivity contribution in [2.45, 2.75) is 39.3 Å². The fraction of sp³-hybridized carbons (Fsp3) is 0.423. The SMILES string of the molecule is CCNC(=NCc1ccc(Cn2cnc3ccccc32)cc1)N1CCC(CC(=O)NC)CC1.I. The van der Waals surface area contributed by atoms with Gasteiger partial charge in [0.05, 0.1) is 23.9 Å². The van der Waals surface area contributed by atoms with Gasteiger partial charge >= 0.3 is 0 Å². The first-order chi connectivity index (χ1) is 16.2. The molecule has 1 fully saturated rings. The van der Waals surface area contributed by atoms with Crippen LogP contribution in [-0.2, 0) is 17.9 Å². The number of benzene rings is 2. The summed E-state index contributed by atoms with van der Waals surface area (Å²) in [6.07, 6.45) is 4.58. The Morgan fingerprint density at radius 3 is 2.50 bits per heavy atom. The molecule has 2 heterocycles. The van der Waals surface area contributed by atoms with E-state index in [4.69, 9.17) is 4.99 Å². The van der Waals surface area contributed by atoms with Crippen LogP contribution in [0.15, 0.2) is 59.9 Å². The van der Waals surface area contributed by atoms with Crippen LogP contribution in [0.4, 0.5) is 0 Å². The van der Waals surface area contributed by atoms with E-state index in [-0.39, 0.29) is 29.9 Å². The number of imidazole rings is 1. The van der Waals surface area contributed by atoms with E-state index in [1.807, 2.05) is 24.5 Å². The molecule has 1 aliphatic heterocycles. The van der Waals surface area contributed by atoms with Gasteiger partial charge in [0.25, 0.3) is 0 Å². The number of amides is 1. The monoisotopic (exact) mass is 574 g/mol. The number of carbonyl (C=O) groups excluding carboxylic acids is 1. The lowest BCUT2D eigenvalue weighted by molar-refractivity contribution is -0.121. The molecular formula is C26H35IN6O. The van der Waals surface area contributed by atoms with Gasteiger partial charge in [0.2, 0.25) is 5.91 Å². The van der Waals surface area contributed by atoms with E-state index in [0.29, 0.717) is 18.9 Å². The number of hydrogen-bond acceptors (Lipinski definition) is 3. The standard InChI is InChI=1S/C26H34N6O.HI/c1-3-28-26(31-14-12-20(13-15-31)16-25(33)27-2)29-17-21-8-10-22(11-9-21)18-32-19-30-23-6-4-5-7-24(23)32;/h4-11,19-20H,3,12-18H2,1-2H3,(H,27,33)(H,28,29);1H. The number of fused-ring (bicyclic) bond motifs is 1. The number of nitrogens with one attached hydrogen (secondary N) is 2. The number of hydrogen-bond donors (Lipinski definition) is 2. The normalized spacial score (nSPS) is 14.6. The molecule has 34 heavy (non-hydrogen) atoms. The minimum atomic E-state index is 0. The summed E-state index contributed by atoms with van der Waals surface area (Å²) in [5.74, 6) is 1.56. The zero-order chi connectivity index (χ0) is 23.0. The van der Waals surface area contributed by atoms with Crippen LogP contribution in [0.2, 0.25) is 0 Å². The number of nitrogens with zero attached hydrogens (tertiary/aromatic N) is 4. The van der Waals surface area contributed by atoms with Crippen molar-refractivity contribution in [3.8, 4) is 0 Å². The van der Waals surface area contributed by atoms with Gasteiger partial charge in [-0.25, -0.2) is 9.98 Å². The van der Waals surface area contributed by atoms with E-state index in [1.165, 1.54) is 11.1 Å². The van der Waals surface area contributed by atoms with E-state index < -0.39 is 0 Å². The molecule has 182 valence electrons. The van der Waals surface area contributed by atoms with E-state index in [9.17, 15) is 4.79 Å². The number of likely N-dealkylation sites (tertiary alicyclic amines) is 1. The molecule has 1 aromatic heterocycles. The zero-order valence-electron chi connectivity index (χ0n) is 20.0. The van der Waals surface area contributed by atoms with Gasteiger partial charge in [-0.3, -0.25) is 4.79 Å². The van der Waals surface area contributed by atoms with E-state index in [0.717, 1.165) is 56.0 Å². The molecule has 2 N–H and O–H groups in total. The molecule has 0 aliphatic carbocycles. The van der Waals surface area contributed by atoms with Gasteiger partial charge in [0.15, 0.2) is 5.96 Å². The molecule has 0 saturated carbocycles. The molecule has 4 rings (SSSR count). The molecule has 0 spiro atoms. The van der Waals surface area contributed by atoms with Crippen LogP contribution in [0, 0.1) is 5.92 Å². The first kappa shape index (κ1) is 26.0. The number of guanidine groups is 1. The van der Waals surface area contributed by atoms with Crippen molar-refractivity contribution in [1.29, 1.82) is 0 Å². The highest BCUT2D eigenvalue weighted by molar-refractivity contribution is 14.0. The summed E-state index contributed by atoms with van der Waals surface area (Å²) in [4.78, 5) is 23.4. The van der Waals surface area contributed by atoms with E-state index >= 15 is 0 Å². The highest BCUT2D eigenvalue weighted by Gasteiger charge is 2.23. The smallest absolute Gasteiger partial charge is 0.220 e. The Morgan fingerprint density at radius 2 is 1.79 bits per heavy atom. The third-order valence-electron chi connectivity index (χ3n) is 6.32. The van der Waals surface area contributed by atoms with Gasteiger partial charge < -0.3 is 20.1 Å². The zero-order valence-corrected chi connectivity index (χ0v) is 22.4. The molecule has 3 aromatic rings. The molecule has 1 aliphatic rings. The maximum Gasteiger partial charge on any atom is 0.220 e. The lowest BCUT2D eigenvalue weighted by Crippen LogP contribution is -2.46. The van der Waals surface area contributed by atoms with Crippen molar-refractivity contribution in [3.63, 3.8) is 0 Å². The van der Waals surface area contributed by atoms with Crippen molar-refractivity contribution >= 4 is 46.9 Å². The largest absolute Gasteiger partial charge is 0.359 e. The summed E-state index contributed by atoms with van der Waals surface area (Å²) in [7, 11) is 1.71. The summed E-state index contributed by atoms with van der Waals surface area (Å²) < 4.78 is 2.18. The van der Waals surface area contributed by atoms with Crippen LogP contribution in [-0.4, -0.2) is 53.0 Å². The van der Waals surface area contributed by atoms with Gasteiger partial charge in [-0.1, -0.05) is 36.4 Å². The van der Waals surface area contributed by atoms with Crippen LogP contribution in [0.3, 0.4) is 0 Å². The van der Waals surface area contributed by atoms with Crippen molar-refractivity contribution in [3.05, 3.63) is 66.0 Å².